The molecule has 23 heavy (non-hydrogen) atoms. The van der Waals surface area contributed by atoms with Crippen LogP contribution in [0.15, 0.2) is 24.8 Å². The Balaban J connectivity index is 2.53. The maximum absolute atomic E-state index is 12.4. The van der Waals surface area contributed by atoms with E-state index in [0.717, 1.165) is 0 Å². The predicted molar refractivity (Wildman–Crippen MR) is 88.0 cm³/mol. The van der Waals surface area contributed by atoms with Crippen LogP contribution in [0.5, 0.6) is 5.88 Å². The van der Waals surface area contributed by atoms with Gasteiger partial charge in [-0.15, -0.1) is 11.6 Å². The number of alkyl halides is 1. The van der Waals surface area contributed by atoms with Crippen LogP contribution in [0, 0.1) is 0 Å². The predicted octanol–water partition coefficient (Wildman–Crippen LogP) is 1.37. The second-order valence-electron chi connectivity index (χ2n) is 4.82. The zero-order valence-corrected chi connectivity index (χ0v) is 14.1. The van der Waals surface area contributed by atoms with E-state index in [1.807, 2.05) is 21.0 Å². The fraction of sp³-hybridized carbons (Fsp3) is 0.429. The summed E-state index contributed by atoms with van der Waals surface area (Å²) in [6.45, 7) is 2.46. The molecule has 9 heteroatoms. The lowest BCUT2D eigenvalue weighted by atomic mass is 10.3. The van der Waals surface area contributed by atoms with Crippen molar-refractivity contribution in [2.24, 2.45) is 0 Å². The van der Waals surface area contributed by atoms with Crippen LogP contribution < -0.4 is 14.5 Å². The summed E-state index contributed by atoms with van der Waals surface area (Å²) in [6.07, 6.45) is 4.80. The van der Waals surface area contributed by atoms with E-state index >= 15 is 0 Å². The van der Waals surface area contributed by atoms with Crippen molar-refractivity contribution in [3.05, 3.63) is 24.8 Å². The highest BCUT2D eigenvalue weighted by Gasteiger charge is 2.26. The lowest BCUT2D eigenvalue weighted by molar-refractivity contribution is -0.116. The maximum Gasteiger partial charge on any atom is 0.243 e. The smallest absolute Gasteiger partial charge is 0.243 e. The molecule has 2 heterocycles. The molecular formula is C14H19ClN6O2. The number of aromatic nitrogens is 4. The topological polar surface area (TPSA) is 76.4 Å². The average Bonchev–Trinajstić information content (AvgIpc) is 3.05. The highest BCUT2D eigenvalue weighted by Crippen LogP contribution is 2.34. The van der Waals surface area contributed by atoms with Gasteiger partial charge in [0.2, 0.25) is 11.8 Å². The molecule has 2 rings (SSSR count). The molecule has 0 atom stereocenters. The maximum atomic E-state index is 12.4. The van der Waals surface area contributed by atoms with Crippen LogP contribution in [-0.2, 0) is 11.5 Å². The van der Waals surface area contributed by atoms with E-state index in [1.54, 1.807) is 28.0 Å². The van der Waals surface area contributed by atoms with E-state index in [4.69, 9.17) is 16.3 Å². The van der Waals surface area contributed by atoms with Crippen LogP contribution in [0.3, 0.4) is 0 Å². The molecule has 0 aromatic carbocycles. The van der Waals surface area contributed by atoms with E-state index < -0.39 is 0 Å². The molecule has 0 saturated carbocycles. The Morgan fingerprint density at radius 1 is 1.39 bits per heavy atom. The molecular weight excluding hydrogens is 320 g/mol. The quantitative estimate of drug-likeness (QED) is 0.710. The number of rotatable bonds is 7. The van der Waals surface area contributed by atoms with E-state index in [9.17, 15) is 4.79 Å². The fourth-order valence-electron chi connectivity index (χ4n) is 2.04. The molecule has 124 valence electrons. The third kappa shape index (κ3) is 3.89. The van der Waals surface area contributed by atoms with Crippen molar-refractivity contribution in [1.82, 2.24) is 19.7 Å². The molecule has 0 N–H and O–H groups in total. The van der Waals surface area contributed by atoms with Gasteiger partial charge < -0.3 is 9.64 Å². The molecule has 0 aliphatic rings. The van der Waals surface area contributed by atoms with Gasteiger partial charge in [-0.05, 0) is 13.0 Å². The van der Waals surface area contributed by atoms with Crippen LogP contribution in [0.25, 0.3) is 0 Å². The van der Waals surface area contributed by atoms with E-state index in [2.05, 4.69) is 15.1 Å². The van der Waals surface area contributed by atoms with Gasteiger partial charge in [0.1, 0.15) is 18.9 Å². The Labute approximate surface area is 139 Å². The number of halogens is 1. The van der Waals surface area contributed by atoms with Gasteiger partial charge in [-0.1, -0.05) is 0 Å². The molecule has 2 aromatic heterocycles. The van der Waals surface area contributed by atoms with Crippen molar-refractivity contribution in [3.8, 4) is 5.88 Å². The zero-order chi connectivity index (χ0) is 16.8. The number of hydrogen-bond donors (Lipinski definition) is 0. The van der Waals surface area contributed by atoms with Crippen molar-refractivity contribution in [2.75, 3.05) is 36.4 Å². The SMILES string of the molecule is CCOc1ncnc(N(C)C)c1N(Cn1cccn1)C(=O)CCl. The fourth-order valence-corrected chi connectivity index (χ4v) is 2.18. The van der Waals surface area contributed by atoms with E-state index in [1.165, 1.54) is 11.2 Å². The number of carbonyl (C=O) groups is 1. The van der Waals surface area contributed by atoms with Gasteiger partial charge in [0.25, 0.3) is 0 Å². The first-order valence-corrected chi connectivity index (χ1v) is 7.60. The molecule has 0 unspecified atom stereocenters. The average molecular weight is 339 g/mol. The Hall–Kier alpha value is -2.35. The molecule has 0 radical (unpaired) electrons. The number of amides is 1. The van der Waals surface area contributed by atoms with Crippen LogP contribution in [-0.4, -0.2) is 52.2 Å². The van der Waals surface area contributed by atoms with Gasteiger partial charge in [0.15, 0.2) is 11.5 Å². The summed E-state index contributed by atoms with van der Waals surface area (Å²) in [5, 5.41) is 4.13. The van der Waals surface area contributed by atoms with Crippen molar-refractivity contribution >= 4 is 29.0 Å². The highest BCUT2D eigenvalue weighted by molar-refractivity contribution is 6.29. The number of carbonyl (C=O) groups excluding carboxylic acids is 1. The summed E-state index contributed by atoms with van der Waals surface area (Å²) in [5.74, 6) is 0.432. The summed E-state index contributed by atoms with van der Waals surface area (Å²) in [4.78, 5) is 24.1. The zero-order valence-electron chi connectivity index (χ0n) is 13.3. The van der Waals surface area contributed by atoms with Gasteiger partial charge >= 0.3 is 0 Å². The summed E-state index contributed by atoms with van der Waals surface area (Å²) in [7, 11) is 3.66. The van der Waals surface area contributed by atoms with Gasteiger partial charge in [-0.25, -0.2) is 4.98 Å². The summed E-state index contributed by atoms with van der Waals surface area (Å²) < 4.78 is 7.20. The normalized spacial score (nSPS) is 10.4. The summed E-state index contributed by atoms with van der Waals surface area (Å²) in [6, 6.07) is 1.78. The lowest BCUT2D eigenvalue weighted by Gasteiger charge is -2.27. The first-order valence-electron chi connectivity index (χ1n) is 7.07. The molecule has 0 bridgehead atoms. The summed E-state index contributed by atoms with van der Waals surface area (Å²) >= 11 is 5.78. The van der Waals surface area contributed by atoms with Gasteiger partial charge in [-0.3, -0.25) is 14.4 Å². The molecule has 0 aliphatic carbocycles. The third-order valence-corrected chi connectivity index (χ3v) is 3.23. The minimum absolute atomic E-state index is 0.172. The Bertz CT molecular complexity index is 647. The highest BCUT2D eigenvalue weighted by atomic mass is 35.5. The molecule has 8 nitrogen and oxygen atoms in total. The molecule has 0 aliphatic heterocycles. The Kier molecular flexibility index (Phi) is 5.75. The van der Waals surface area contributed by atoms with Crippen molar-refractivity contribution in [3.63, 3.8) is 0 Å². The first-order chi connectivity index (χ1) is 11.1. The standard InChI is InChI=1S/C14H19ClN6O2/c1-4-23-14-12(13(19(2)3)16-9-17-14)21(11(22)8-15)10-20-7-5-6-18-20/h5-7,9H,4,8,10H2,1-3H3. The second kappa shape index (κ2) is 7.77. The Morgan fingerprint density at radius 2 is 2.17 bits per heavy atom. The minimum atomic E-state index is -0.291. The molecule has 2 aromatic rings. The van der Waals surface area contributed by atoms with Gasteiger partial charge in [-0.2, -0.15) is 10.1 Å². The van der Waals surface area contributed by atoms with E-state index in [0.29, 0.717) is 24.0 Å². The van der Waals surface area contributed by atoms with Gasteiger partial charge in [0.05, 0.1) is 6.61 Å². The second-order valence-corrected chi connectivity index (χ2v) is 5.09. The largest absolute Gasteiger partial charge is 0.476 e. The third-order valence-electron chi connectivity index (χ3n) is 3.00. The van der Waals surface area contributed by atoms with Gasteiger partial charge in [0, 0.05) is 26.5 Å². The van der Waals surface area contributed by atoms with Crippen molar-refractivity contribution < 1.29 is 9.53 Å². The monoisotopic (exact) mass is 338 g/mol. The number of hydrogen-bond acceptors (Lipinski definition) is 6. The lowest BCUT2D eigenvalue weighted by Crippen LogP contribution is -2.36. The molecule has 0 saturated heterocycles. The molecule has 0 spiro atoms. The number of ether oxygens (including phenoxy) is 1. The number of nitrogens with zero attached hydrogens (tertiary/aromatic N) is 6. The summed E-state index contributed by atoms with van der Waals surface area (Å²) in [5.41, 5.74) is 0.473. The van der Waals surface area contributed by atoms with E-state index in [-0.39, 0.29) is 18.5 Å². The first kappa shape index (κ1) is 17.0. The van der Waals surface area contributed by atoms with Crippen LogP contribution >= 0.6 is 11.6 Å². The molecule has 1 amide bonds. The molecule has 0 fully saturated rings. The number of anilines is 2. The van der Waals surface area contributed by atoms with Crippen molar-refractivity contribution in [1.29, 1.82) is 0 Å². The minimum Gasteiger partial charge on any atom is -0.476 e. The van der Waals surface area contributed by atoms with Crippen LogP contribution in [0.4, 0.5) is 11.5 Å². The Morgan fingerprint density at radius 3 is 2.74 bits per heavy atom. The van der Waals surface area contributed by atoms with Crippen molar-refractivity contribution in [2.45, 2.75) is 13.6 Å². The van der Waals surface area contributed by atoms with Crippen LogP contribution in [0.2, 0.25) is 0 Å². The van der Waals surface area contributed by atoms with Crippen LogP contribution in [0.1, 0.15) is 6.92 Å².